The molecule has 0 heterocycles. The van der Waals surface area contributed by atoms with Crippen molar-refractivity contribution < 1.29 is 13.5 Å². The van der Waals surface area contributed by atoms with Crippen molar-refractivity contribution in [3.8, 4) is 0 Å². The van der Waals surface area contributed by atoms with Gasteiger partial charge >= 0.3 is 0 Å². The molecule has 0 radical (unpaired) electrons. The third kappa shape index (κ3) is 3.26. The van der Waals surface area contributed by atoms with Crippen LogP contribution >= 0.6 is 0 Å². The molecule has 106 valence electrons. The Kier molecular flexibility index (Phi) is 3.85. The summed E-state index contributed by atoms with van der Waals surface area (Å²) >= 11 is 0. The van der Waals surface area contributed by atoms with Gasteiger partial charge in [-0.15, -0.1) is 0 Å². The van der Waals surface area contributed by atoms with Crippen LogP contribution in [-0.4, -0.2) is 26.7 Å². The number of sulfonamides is 1. The first-order chi connectivity index (χ1) is 8.88. The lowest BCUT2D eigenvalue weighted by molar-refractivity contribution is 0.249. The fourth-order valence-corrected chi connectivity index (χ4v) is 3.61. The van der Waals surface area contributed by atoms with Gasteiger partial charge in [0.25, 0.3) is 0 Å². The van der Waals surface area contributed by atoms with E-state index in [2.05, 4.69) is 4.72 Å². The van der Waals surface area contributed by atoms with E-state index in [0.717, 1.165) is 12.8 Å². The maximum atomic E-state index is 12.2. The summed E-state index contributed by atoms with van der Waals surface area (Å²) in [7, 11) is -3.51. The van der Waals surface area contributed by atoms with Crippen molar-refractivity contribution in [3.05, 3.63) is 23.8 Å². The Morgan fingerprint density at radius 2 is 2.11 bits per heavy atom. The normalized spacial score (nSPS) is 17.4. The third-order valence-corrected chi connectivity index (χ3v) is 5.29. The van der Waals surface area contributed by atoms with Crippen LogP contribution in [-0.2, 0) is 10.0 Å². The molecule has 0 aliphatic heterocycles. The minimum absolute atomic E-state index is 0.0382. The van der Waals surface area contributed by atoms with Crippen LogP contribution in [0, 0.1) is 12.3 Å². The number of aliphatic hydroxyl groups excluding tert-OH is 1. The van der Waals surface area contributed by atoms with Crippen LogP contribution in [0.5, 0.6) is 0 Å². The van der Waals surface area contributed by atoms with Gasteiger partial charge in [0, 0.05) is 18.8 Å². The Labute approximate surface area is 113 Å². The molecule has 0 aromatic heterocycles. The van der Waals surface area contributed by atoms with E-state index >= 15 is 0 Å². The van der Waals surface area contributed by atoms with Gasteiger partial charge < -0.3 is 10.8 Å². The van der Waals surface area contributed by atoms with E-state index in [9.17, 15) is 8.42 Å². The van der Waals surface area contributed by atoms with Crippen LogP contribution in [0.15, 0.2) is 23.1 Å². The van der Waals surface area contributed by atoms with Crippen molar-refractivity contribution in [1.29, 1.82) is 0 Å². The zero-order chi connectivity index (χ0) is 14.1. The molecule has 4 N–H and O–H groups in total. The van der Waals surface area contributed by atoms with Gasteiger partial charge in [-0.1, -0.05) is 0 Å². The number of hydrogen-bond donors (Lipinski definition) is 3. The topological polar surface area (TPSA) is 92.4 Å². The summed E-state index contributed by atoms with van der Waals surface area (Å²) in [4.78, 5) is 0.265. The first kappa shape index (κ1) is 14.3. The summed E-state index contributed by atoms with van der Waals surface area (Å²) in [5.41, 5.74) is 6.77. The average Bonchev–Trinajstić information content (AvgIpc) is 3.07. The fraction of sp³-hybridized carbons (Fsp3) is 0.538. The first-order valence-electron chi connectivity index (χ1n) is 6.35. The highest BCUT2D eigenvalue weighted by molar-refractivity contribution is 7.89. The number of anilines is 1. The number of aliphatic hydroxyl groups is 1. The molecule has 0 unspecified atom stereocenters. The maximum Gasteiger partial charge on any atom is 0.240 e. The molecule has 1 fully saturated rings. The molecule has 0 bridgehead atoms. The third-order valence-electron chi connectivity index (χ3n) is 3.72. The number of benzene rings is 1. The SMILES string of the molecule is Cc1cc(N)ccc1S(=O)(=O)NCC1(CCO)CC1. The van der Waals surface area contributed by atoms with Gasteiger partial charge in [-0.25, -0.2) is 13.1 Å². The number of rotatable bonds is 6. The molecule has 5 nitrogen and oxygen atoms in total. The monoisotopic (exact) mass is 284 g/mol. The number of aryl methyl sites for hydroxylation is 1. The molecule has 1 aromatic rings. The van der Waals surface area contributed by atoms with Gasteiger partial charge in [0.05, 0.1) is 4.90 Å². The van der Waals surface area contributed by atoms with Gasteiger partial charge in [-0.3, -0.25) is 0 Å². The smallest absolute Gasteiger partial charge is 0.240 e. The Bertz CT molecular complexity index is 565. The van der Waals surface area contributed by atoms with E-state index in [1.54, 1.807) is 19.1 Å². The highest BCUT2D eigenvalue weighted by atomic mass is 32.2. The van der Waals surface area contributed by atoms with E-state index in [0.29, 0.717) is 24.2 Å². The number of hydrogen-bond acceptors (Lipinski definition) is 4. The van der Waals surface area contributed by atoms with Gasteiger partial charge in [0.15, 0.2) is 0 Å². The number of nitrogens with two attached hydrogens (primary N) is 1. The molecule has 1 aliphatic rings. The van der Waals surface area contributed by atoms with Crippen molar-refractivity contribution in [2.75, 3.05) is 18.9 Å². The second-order valence-corrected chi connectivity index (χ2v) is 7.06. The van der Waals surface area contributed by atoms with Crippen LogP contribution in [0.4, 0.5) is 5.69 Å². The second-order valence-electron chi connectivity index (χ2n) is 5.32. The van der Waals surface area contributed by atoms with Crippen LogP contribution in [0.3, 0.4) is 0 Å². The van der Waals surface area contributed by atoms with E-state index in [1.807, 2.05) is 0 Å². The summed E-state index contributed by atoms with van der Waals surface area (Å²) in [6, 6.07) is 4.76. The summed E-state index contributed by atoms with van der Waals surface area (Å²) in [6.45, 7) is 2.22. The molecule has 6 heteroatoms. The van der Waals surface area contributed by atoms with E-state index < -0.39 is 10.0 Å². The molecular formula is C13H20N2O3S. The molecular weight excluding hydrogens is 264 g/mol. The number of nitrogens with one attached hydrogen (secondary N) is 1. The highest BCUT2D eigenvalue weighted by Gasteiger charge is 2.42. The lowest BCUT2D eigenvalue weighted by Gasteiger charge is -2.15. The molecule has 0 amide bonds. The summed E-state index contributed by atoms with van der Waals surface area (Å²) < 4.78 is 27.1. The molecule has 1 saturated carbocycles. The lowest BCUT2D eigenvalue weighted by Crippen LogP contribution is -2.31. The fourth-order valence-electron chi connectivity index (χ4n) is 2.23. The minimum Gasteiger partial charge on any atom is -0.399 e. The molecule has 0 spiro atoms. The van der Waals surface area contributed by atoms with Gasteiger partial charge in [0.2, 0.25) is 10.0 Å². The minimum atomic E-state index is -3.51. The zero-order valence-corrected chi connectivity index (χ0v) is 11.8. The van der Waals surface area contributed by atoms with Crippen molar-refractivity contribution >= 4 is 15.7 Å². The molecule has 1 aliphatic carbocycles. The zero-order valence-electron chi connectivity index (χ0n) is 11.0. The predicted molar refractivity (Wildman–Crippen MR) is 74.1 cm³/mol. The first-order valence-corrected chi connectivity index (χ1v) is 7.84. The standard InChI is InChI=1S/C13H20N2O3S/c1-10-8-11(14)2-3-12(10)19(17,18)15-9-13(4-5-13)6-7-16/h2-3,8,15-16H,4-7,9,14H2,1H3. The Balaban J connectivity index is 2.10. The van der Waals surface area contributed by atoms with Crippen molar-refractivity contribution in [3.63, 3.8) is 0 Å². The van der Waals surface area contributed by atoms with Crippen LogP contribution in [0.1, 0.15) is 24.8 Å². The molecule has 19 heavy (non-hydrogen) atoms. The maximum absolute atomic E-state index is 12.2. The lowest BCUT2D eigenvalue weighted by atomic mass is 10.0. The number of nitrogen functional groups attached to an aromatic ring is 1. The van der Waals surface area contributed by atoms with Gasteiger partial charge in [0.1, 0.15) is 0 Å². The van der Waals surface area contributed by atoms with Gasteiger partial charge in [-0.05, 0) is 55.4 Å². The Hall–Kier alpha value is -1.11. The highest BCUT2D eigenvalue weighted by Crippen LogP contribution is 2.48. The summed E-state index contributed by atoms with van der Waals surface area (Å²) in [5, 5.41) is 8.97. The average molecular weight is 284 g/mol. The summed E-state index contributed by atoms with van der Waals surface area (Å²) in [5.74, 6) is 0. The van der Waals surface area contributed by atoms with Crippen molar-refractivity contribution in [1.82, 2.24) is 4.72 Å². The Morgan fingerprint density at radius 1 is 1.42 bits per heavy atom. The van der Waals surface area contributed by atoms with E-state index in [4.69, 9.17) is 10.8 Å². The van der Waals surface area contributed by atoms with E-state index in [1.165, 1.54) is 6.07 Å². The van der Waals surface area contributed by atoms with Gasteiger partial charge in [-0.2, -0.15) is 0 Å². The van der Waals surface area contributed by atoms with Crippen molar-refractivity contribution in [2.24, 2.45) is 5.41 Å². The second kappa shape index (κ2) is 5.11. The molecule has 1 aromatic carbocycles. The molecule has 2 rings (SSSR count). The van der Waals surface area contributed by atoms with Crippen LogP contribution < -0.4 is 10.5 Å². The van der Waals surface area contributed by atoms with E-state index in [-0.39, 0.29) is 16.9 Å². The quantitative estimate of drug-likeness (QED) is 0.680. The van der Waals surface area contributed by atoms with Crippen LogP contribution in [0.25, 0.3) is 0 Å². The molecule has 0 saturated heterocycles. The van der Waals surface area contributed by atoms with Crippen molar-refractivity contribution in [2.45, 2.75) is 31.1 Å². The summed E-state index contributed by atoms with van der Waals surface area (Å²) in [6.07, 6.45) is 2.59. The largest absolute Gasteiger partial charge is 0.399 e. The molecule has 0 atom stereocenters. The Morgan fingerprint density at radius 3 is 2.63 bits per heavy atom. The predicted octanol–water partition coefficient (Wildman–Crippen LogP) is 1.02. The van der Waals surface area contributed by atoms with Crippen LogP contribution in [0.2, 0.25) is 0 Å².